The van der Waals surface area contributed by atoms with Crippen molar-refractivity contribution in [2.24, 2.45) is 0 Å². The Morgan fingerprint density at radius 1 is 1.18 bits per heavy atom. The second-order valence-corrected chi connectivity index (χ2v) is 5.80. The Labute approximate surface area is 132 Å². The van der Waals surface area contributed by atoms with E-state index in [4.69, 9.17) is 9.84 Å². The average molecular weight is 313 g/mol. The molecular weight excluding hydrogens is 298 g/mol. The predicted molar refractivity (Wildman–Crippen MR) is 86.8 cm³/mol. The molecule has 3 aromatic rings. The average Bonchev–Trinajstić information content (AvgIpc) is 3.01. The number of aryl methyl sites for hydroxylation is 1. The van der Waals surface area contributed by atoms with Gasteiger partial charge >= 0.3 is 5.97 Å². The highest BCUT2D eigenvalue weighted by atomic mass is 32.1. The molecule has 0 spiro atoms. The fourth-order valence-electron chi connectivity index (χ4n) is 2.25. The smallest absolute Gasteiger partial charge is 0.355 e. The standard InChI is InChI=1S/C17H15NO3S/c19-17(20)14-11-22-16(18-14)9-4-10-21-15-8-3-6-12-5-1-2-7-13(12)15/h1-3,5-8,11H,4,9-10H2,(H,19,20). The fourth-order valence-corrected chi connectivity index (χ4v) is 3.07. The van der Waals surface area contributed by atoms with E-state index in [1.54, 1.807) is 5.38 Å². The van der Waals surface area contributed by atoms with Crippen molar-refractivity contribution in [3.05, 3.63) is 58.5 Å². The van der Waals surface area contributed by atoms with E-state index < -0.39 is 5.97 Å². The SMILES string of the molecule is O=C(O)c1csc(CCCOc2cccc3ccccc23)n1. The van der Waals surface area contributed by atoms with Crippen LogP contribution in [0.25, 0.3) is 10.8 Å². The van der Waals surface area contributed by atoms with Crippen molar-refractivity contribution >= 4 is 28.1 Å². The van der Waals surface area contributed by atoms with Crippen LogP contribution in [0.5, 0.6) is 5.75 Å². The monoisotopic (exact) mass is 313 g/mol. The number of aromatic carboxylic acids is 1. The van der Waals surface area contributed by atoms with Gasteiger partial charge in [0.25, 0.3) is 0 Å². The van der Waals surface area contributed by atoms with Gasteiger partial charge in [-0.25, -0.2) is 9.78 Å². The van der Waals surface area contributed by atoms with Crippen molar-refractivity contribution in [1.82, 2.24) is 4.98 Å². The minimum absolute atomic E-state index is 0.120. The van der Waals surface area contributed by atoms with Crippen molar-refractivity contribution < 1.29 is 14.6 Å². The number of fused-ring (bicyclic) bond motifs is 1. The Hall–Kier alpha value is -2.40. The molecule has 2 aromatic carbocycles. The number of ether oxygens (including phenoxy) is 1. The quantitative estimate of drug-likeness (QED) is 0.699. The molecule has 0 amide bonds. The second kappa shape index (κ2) is 6.58. The first-order valence-corrected chi connectivity index (χ1v) is 7.90. The Kier molecular flexibility index (Phi) is 4.34. The first-order chi connectivity index (χ1) is 10.7. The summed E-state index contributed by atoms with van der Waals surface area (Å²) < 4.78 is 5.86. The lowest BCUT2D eigenvalue weighted by Crippen LogP contribution is -2.01. The highest BCUT2D eigenvalue weighted by Crippen LogP contribution is 2.25. The van der Waals surface area contributed by atoms with E-state index in [2.05, 4.69) is 17.1 Å². The van der Waals surface area contributed by atoms with Gasteiger partial charge in [-0.1, -0.05) is 36.4 Å². The molecular formula is C17H15NO3S. The Morgan fingerprint density at radius 2 is 2.00 bits per heavy atom. The van der Waals surface area contributed by atoms with Gasteiger partial charge in [0.15, 0.2) is 5.69 Å². The zero-order valence-corrected chi connectivity index (χ0v) is 12.7. The molecule has 4 nitrogen and oxygen atoms in total. The van der Waals surface area contributed by atoms with Crippen molar-refractivity contribution in [2.45, 2.75) is 12.8 Å². The molecule has 5 heteroatoms. The maximum absolute atomic E-state index is 10.8. The van der Waals surface area contributed by atoms with Crippen LogP contribution in [0.1, 0.15) is 21.9 Å². The molecule has 1 N–H and O–H groups in total. The van der Waals surface area contributed by atoms with Gasteiger partial charge in [-0.15, -0.1) is 11.3 Å². The summed E-state index contributed by atoms with van der Waals surface area (Å²) in [7, 11) is 0. The number of carbonyl (C=O) groups is 1. The Bertz CT molecular complexity index is 792. The number of hydrogen-bond donors (Lipinski definition) is 1. The highest BCUT2D eigenvalue weighted by molar-refractivity contribution is 7.09. The molecule has 0 fully saturated rings. The lowest BCUT2D eigenvalue weighted by atomic mass is 10.1. The number of carboxylic acid groups (broad SMARTS) is 1. The molecule has 112 valence electrons. The first-order valence-electron chi connectivity index (χ1n) is 7.02. The van der Waals surface area contributed by atoms with E-state index >= 15 is 0 Å². The van der Waals surface area contributed by atoms with E-state index in [0.717, 1.165) is 34.4 Å². The molecule has 0 atom stereocenters. The molecule has 0 aliphatic rings. The maximum atomic E-state index is 10.8. The van der Waals surface area contributed by atoms with Crippen LogP contribution >= 0.6 is 11.3 Å². The Balaban J connectivity index is 1.57. The summed E-state index contributed by atoms with van der Waals surface area (Å²) in [6.45, 7) is 0.579. The number of aromatic nitrogens is 1. The summed E-state index contributed by atoms with van der Waals surface area (Å²) in [6, 6.07) is 14.1. The van der Waals surface area contributed by atoms with E-state index in [0.29, 0.717) is 6.61 Å². The van der Waals surface area contributed by atoms with E-state index in [1.807, 2.05) is 30.3 Å². The molecule has 0 aliphatic heterocycles. The van der Waals surface area contributed by atoms with Crippen LogP contribution in [-0.2, 0) is 6.42 Å². The molecule has 3 rings (SSSR count). The second-order valence-electron chi connectivity index (χ2n) is 4.86. The third-order valence-corrected chi connectivity index (χ3v) is 4.22. The van der Waals surface area contributed by atoms with Crippen LogP contribution in [0.2, 0.25) is 0 Å². The zero-order chi connectivity index (χ0) is 15.4. The lowest BCUT2D eigenvalue weighted by Gasteiger charge is -2.08. The van der Waals surface area contributed by atoms with Gasteiger partial charge in [0.1, 0.15) is 5.75 Å². The largest absolute Gasteiger partial charge is 0.493 e. The molecule has 1 aromatic heterocycles. The summed E-state index contributed by atoms with van der Waals surface area (Å²) in [5.74, 6) is -0.0991. The van der Waals surface area contributed by atoms with Gasteiger partial charge < -0.3 is 9.84 Å². The maximum Gasteiger partial charge on any atom is 0.355 e. The van der Waals surface area contributed by atoms with Gasteiger partial charge in [-0.05, 0) is 17.9 Å². The van der Waals surface area contributed by atoms with Crippen LogP contribution in [0.15, 0.2) is 47.8 Å². The summed E-state index contributed by atoms with van der Waals surface area (Å²) in [5, 5.41) is 13.5. The van der Waals surface area contributed by atoms with Gasteiger partial charge in [-0.2, -0.15) is 0 Å². The lowest BCUT2D eigenvalue weighted by molar-refractivity contribution is 0.0691. The number of benzene rings is 2. The number of nitrogens with zero attached hydrogens (tertiary/aromatic N) is 1. The fraction of sp³-hybridized carbons (Fsp3) is 0.176. The predicted octanol–water partition coefficient (Wildman–Crippen LogP) is 4.01. The van der Waals surface area contributed by atoms with Crippen LogP contribution in [0.4, 0.5) is 0 Å². The number of thiazole rings is 1. The summed E-state index contributed by atoms with van der Waals surface area (Å²) in [6.07, 6.45) is 1.53. The van der Waals surface area contributed by atoms with Crippen LogP contribution < -0.4 is 4.74 Å². The van der Waals surface area contributed by atoms with E-state index in [-0.39, 0.29) is 5.69 Å². The van der Waals surface area contributed by atoms with Crippen molar-refractivity contribution in [3.8, 4) is 5.75 Å². The molecule has 0 unspecified atom stereocenters. The minimum atomic E-state index is -0.977. The molecule has 0 bridgehead atoms. The Morgan fingerprint density at radius 3 is 2.82 bits per heavy atom. The zero-order valence-electron chi connectivity index (χ0n) is 11.9. The van der Waals surface area contributed by atoms with Gasteiger partial charge in [0, 0.05) is 17.2 Å². The van der Waals surface area contributed by atoms with E-state index in [9.17, 15) is 4.79 Å². The summed E-state index contributed by atoms with van der Waals surface area (Å²) in [4.78, 5) is 14.8. The van der Waals surface area contributed by atoms with Crippen molar-refractivity contribution in [2.75, 3.05) is 6.61 Å². The molecule has 0 saturated heterocycles. The first kappa shape index (κ1) is 14.5. The van der Waals surface area contributed by atoms with Crippen LogP contribution in [0, 0.1) is 0 Å². The topological polar surface area (TPSA) is 59.4 Å². The van der Waals surface area contributed by atoms with E-state index in [1.165, 1.54) is 11.3 Å². The number of hydrogen-bond acceptors (Lipinski definition) is 4. The highest BCUT2D eigenvalue weighted by Gasteiger charge is 2.08. The normalized spacial score (nSPS) is 10.7. The van der Waals surface area contributed by atoms with Gasteiger partial charge in [-0.3, -0.25) is 0 Å². The minimum Gasteiger partial charge on any atom is -0.493 e. The van der Waals surface area contributed by atoms with Gasteiger partial charge in [0.05, 0.1) is 11.6 Å². The number of carboxylic acids is 1. The molecule has 22 heavy (non-hydrogen) atoms. The number of rotatable bonds is 6. The third-order valence-electron chi connectivity index (χ3n) is 3.31. The molecule has 0 radical (unpaired) electrons. The molecule has 1 heterocycles. The van der Waals surface area contributed by atoms with Crippen molar-refractivity contribution in [1.29, 1.82) is 0 Å². The van der Waals surface area contributed by atoms with Crippen LogP contribution in [0.3, 0.4) is 0 Å². The van der Waals surface area contributed by atoms with Crippen LogP contribution in [-0.4, -0.2) is 22.7 Å². The summed E-state index contributed by atoms with van der Waals surface area (Å²) >= 11 is 1.38. The van der Waals surface area contributed by atoms with Gasteiger partial charge in [0.2, 0.25) is 0 Å². The molecule has 0 aliphatic carbocycles. The van der Waals surface area contributed by atoms with Crippen molar-refractivity contribution in [3.63, 3.8) is 0 Å². The molecule has 0 saturated carbocycles. The summed E-state index contributed by atoms with van der Waals surface area (Å²) in [5.41, 5.74) is 0.120. The third kappa shape index (κ3) is 3.26.